The van der Waals surface area contributed by atoms with Crippen LogP contribution < -0.4 is 0 Å². The van der Waals surface area contributed by atoms with E-state index in [1.165, 1.54) is 24.4 Å². The average molecular weight is 450 g/mol. The molecule has 0 saturated heterocycles. The Kier molecular flexibility index (Phi) is 5.15. The predicted molar refractivity (Wildman–Crippen MR) is 101 cm³/mol. The normalized spacial score (nSPS) is 11.6. The Hall–Kier alpha value is -3.80. The van der Waals surface area contributed by atoms with Crippen molar-refractivity contribution in [2.75, 3.05) is 0 Å². The van der Waals surface area contributed by atoms with Gasteiger partial charge in [0.25, 0.3) is 0 Å². The van der Waals surface area contributed by atoms with Crippen LogP contribution in [0.3, 0.4) is 0 Å². The molecule has 4 rings (SSSR count). The first kappa shape index (κ1) is 20.5. The largest absolute Gasteiger partial charge is 0.477 e. The second-order valence-corrected chi connectivity index (χ2v) is 6.67. The molecule has 0 amide bonds. The lowest BCUT2D eigenvalue weighted by atomic mass is 10.1. The van der Waals surface area contributed by atoms with E-state index in [0.717, 1.165) is 21.6 Å². The van der Waals surface area contributed by atoms with Crippen molar-refractivity contribution >= 4 is 17.6 Å². The van der Waals surface area contributed by atoms with Gasteiger partial charge in [-0.25, -0.2) is 14.5 Å². The van der Waals surface area contributed by atoms with Crippen LogP contribution in [0.25, 0.3) is 17.2 Å². The van der Waals surface area contributed by atoms with E-state index < -0.39 is 17.7 Å². The highest BCUT2D eigenvalue weighted by atomic mass is 35.5. The molecular weight excluding hydrogens is 439 g/mol. The molecule has 3 heterocycles. The minimum Gasteiger partial charge on any atom is -0.477 e. The molecule has 0 aliphatic carbocycles. The highest BCUT2D eigenvalue weighted by Crippen LogP contribution is 2.30. The number of aromatic nitrogens is 7. The molecule has 0 radical (unpaired) electrons. The molecule has 1 N–H and O–H groups in total. The van der Waals surface area contributed by atoms with E-state index in [2.05, 4.69) is 25.5 Å². The second kappa shape index (κ2) is 7.80. The minimum absolute atomic E-state index is 0.0363. The Morgan fingerprint density at radius 1 is 1.13 bits per heavy atom. The van der Waals surface area contributed by atoms with E-state index in [-0.39, 0.29) is 34.6 Å². The van der Waals surface area contributed by atoms with E-state index >= 15 is 0 Å². The summed E-state index contributed by atoms with van der Waals surface area (Å²) in [6.07, 6.45) is -3.00. The number of hydrogen-bond donors (Lipinski definition) is 1. The van der Waals surface area contributed by atoms with Crippen LogP contribution in [-0.4, -0.2) is 46.0 Å². The smallest absolute Gasteiger partial charge is 0.416 e. The number of benzene rings is 1. The van der Waals surface area contributed by atoms with Gasteiger partial charge in [-0.1, -0.05) is 23.7 Å². The fourth-order valence-electron chi connectivity index (χ4n) is 2.73. The van der Waals surface area contributed by atoms with Crippen LogP contribution in [0.15, 0.2) is 48.7 Å². The number of hydrogen-bond acceptors (Lipinski definition) is 6. The van der Waals surface area contributed by atoms with Gasteiger partial charge in [0.05, 0.1) is 16.3 Å². The maximum absolute atomic E-state index is 12.7. The fourth-order valence-corrected chi connectivity index (χ4v) is 2.93. The van der Waals surface area contributed by atoms with Crippen LogP contribution in [0.1, 0.15) is 21.7 Å². The van der Waals surface area contributed by atoms with Crippen molar-refractivity contribution in [1.82, 2.24) is 35.0 Å². The molecule has 4 aromatic rings. The SMILES string of the molecule is O=C(O)c1cc(Cn2nnc(-c3ccc(C(F)(F)F)cc3)n2)nn1-c1ncccc1Cl. The van der Waals surface area contributed by atoms with Crippen molar-refractivity contribution in [3.63, 3.8) is 0 Å². The maximum Gasteiger partial charge on any atom is 0.416 e. The predicted octanol–water partition coefficient (Wildman–Crippen LogP) is 3.34. The molecule has 0 unspecified atom stereocenters. The molecule has 158 valence electrons. The zero-order valence-electron chi connectivity index (χ0n) is 15.3. The summed E-state index contributed by atoms with van der Waals surface area (Å²) < 4.78 is 39.2. The number of halogens is 4. The van der Waals surface area contributed by atoms with E-state index in [1.807, 2.05) is 0 Å². The van der Waals surface area contributed by atoms with Gasteiger partial charge in [0.15, 0.2) is 11.5 Å². The summed E-state index contributed by atoms with van der Waals surface area (Å²) >= 11 is 6.09. The lowest BCUT2D eigenvalue weighted by molar-refractivity contribution is -0.137. The highest BCUT2D eigenvalue weighted by molar-refractivity contribution is 6.32. The Labute approximate surface area is 176 Å². The van der Waals surface area contributed by atoms with Gasteiger partial charge in [0, 0.05) is 11.8 Å². The third kappa shape index (κ3) is 4.23. The number of carboxylic acid groups (broad SMARTS) is 1. The van der Waals surface area contributed by atoms with Gasteiger partial charge in [0.1, 0.15) is 6.54 Å². The van der Waals surface area contributed by atoms with E-state index in [1.54, 1.807) is 12.1 Å². The van der Waals surface area contributed by atoms with E-state index in [4.69, 9.17) is 11.6 Å². The number of carboxylic acids is 1. The van der Waals surface area contributed by atoms with Gasteiger partial charge in [-0.3, -0.25) is 0 Å². The van der Waals surface area contributed by atoms with Crippen molar-refractivity contribution in [1.29, 1.82) is 0 Å². The topological polar surface area (TPSA) is 112 Å². The monoisotopic (exact) mass is 449 g/mol. The van der Waals surface area contributed by atoms with Gasteiger partial charge in [-0.15, -0.1) is 10.2 Å². The van der Waals surface area contributed by atoms with Crippen molar-refractivity contribution in [3.05, 3.63) is 70.6 Å². The standard InChI is InChI=1S/C18H11ClF3N7O2/c19-13-2-1-7-23-16(13)29-14(17(30)31)8-12(25-29)9-28-26-15(24-27-28)10-3-5-11(6-4-10)18(20,21)22/h1-8H,9H2,(H,30,31). The number of nitrogens with zero attached hydrogens (tertiary/aromatic N) is 7. The van der Waals surface area contributed by atoms with E-state index in [9.17, 15) is 23.1 Å². The molecule has 0 atom stereocenters. The molecule has 0 spiro atoms. The lowest BCUT2D eigenvalue weighted by Crippen LogP contribution is -2.10. The summed E-state index contributed by atoms with van der Waals surface area (Å²) in [7, 11) is 0. The molecule has 0 bridgehead atoms. The van der Waals surface area contributed by atoms with Gasteiger partial charge < -0.3 is 5.11 Å². The van der Waals surface area contributed by atoms with Gasteiger partial charge in [-0.05, 0) is 35.5 Å². The van der Waals surface area contributed by atoms with Crippen LogP contribution in [0.5, 0.6) is 0 Å². The summed E-state index contributed by atoms with van der Waals surface area (Å²) in [6.45, 7) is -0.0363. The van der Waals surface area contributed by atoms with E-state index in [0.29, 0.717) is 5.56 Å². The molecule has 3 aromatic heterocycles. The summed E-state index contributed by atoms with van der Waals surface area (Å²) in [5.74, 6) is -0.985. The third-order valence-corrected chi connectivity index (χ3v) is 4.44. The second-order valence-electron chi connectivity index (χ2n) is 6.27. The molecule has 1 aromatic carbocycles. The van der Waals surface area contributed by atoms with Crippen molar-refractivity contribution in [2.45, 2.75) is 12.7 Å². The summed E-state index contributed by atoms with van der Waals surface area (Å²) in [6, 6.07) is 8.79. The molecule has 31 heavy (non-hydrogen) atoms. The van der Waals surface area contributed by atoms with Crippen molar-refractivity contribution < 1.29 is 23.1 Å². The first-order valence-electron chi connectivity index (χ1n) is 8.61. The van der Waals surface area contributed by atoms with Crippen LogP contribution in [0.4, 0.5) is 13.2 Å². The number of rotatable bonds is 5. The number of pyridine rings is 1. The van der Waals surface area contributed by atoms with Crippen molar-refractivity contribution in [2.24, 2.45) is 0 Å². The van der Waals surface area contributed by atoms with Gasteiger partial charge >= 0.3 is 12.1 Å². The molecular formula is C18H11ClF3N7O2. The summed E-state index contributed by atoms with van der Waals surface area (Å²) in [4.78, 5) is 16.8. The highest BCUT2D eigenvalue weighted by Gasteiger charge is 2.30. The van der Waals surface area contributed by atoms with Crippen LogP contribution in [0.2, 0.25) is 5.02 Å². The Morgan fingerprint density at radius 3 is 2.52 bits per heavy atom. The lowest BCUT2D eigenvalue weighted by Gasteiger charge is -2.05. The van der Waals surface area contributed by atoms with Crippen LogP contribution >= 0.6 is 11.6 Å². The quantitative estimate of drug-likeness (QED) is 0.497. The third-order valence-electron chi connectivity index (χ3n) is 4.15. The van der Waals surface area contributed by atoms with Crippen molar-refractivity contribution in [3.8, 4) is 17.2 Å². The fraction of sp³-hybridized carbons (Fsp3) is 0.111. The van der Waals surface area contributed by atoms with Crippen LogP contribution in [-0.2, 0) is 12.7 Å². The minimum atomic E-state index is -4.44. The Morgan fingerprint density at radius 2 is 1.87 bits per heavy atom. The molecule has 9 nitrogen and oxygen atoms in total. The number of aromatic carboxylic acids is 1. The molecule has 13 heteroatoms. The van der Waals surface area contributed by atoms with Crippen LogP contribution in [0, 0.1) is 0 Å². The zero-order chi connectivity index (χ0) is 22.2. The molecule has 0 fully saturated rings. The average Bonchev–Trinajstić information content (AvgIpc) is 3.35. The zero-order valence-corrected chi connectivity index (χ0v) is 16.1. The number of tetrazole rings is 1. The number of alkyl halides is 3. The first-order chi connectivity index (χ1) is 14.7. The Bertz CT molecular complexity index is 1250. The summed E-state index contributed by atoms with van der Waals surface area (Å²) in [5, 5.41) is 25.7. The van der Waals surface area contributed by atoms with Gasteiger partial charge in [-0.2, -0.15) is 23.1 Å². The summed E-state index contributed by atoms with van der Waals surface area (Å²) in [5.41, 5.74) is -0.325. The van der Waals surface area contributed by atoms with Gasteiger partial charge in [0.2, 0.25) is 5.82 Å². The Balaban J connectivity index is 1.60. The molecule has 0 aliphatic heterocycles. The number of carbonyl (C=O) groups is 1. The molecule has 0 aliphatic rings. The maximum atomic E-state index is 12.7. The molecule has 0 saturated carbocycles. The first-order valence-corrected chi connectivity index (χ1v) is 8.99.